The Labute approximate surface area is 69.2 Å². The van der Waals surface area contributed by atoms with E-state index in [1.807, 2.05) is 0 Å². The van der Waals surface area contributed by atoms with Gasteiger partial charge in [-0.1, -0.05) is 0 Å². The molecule has 0 rings (SSSR count). The van der Waals surface area contributed by atoms with Crippen molar-refractivity contribution in [3.05, 3.63) is 0 Å². The van der Waals surface area contributed by atoms with Crippen LogP contribution in [0.4, 0.5) is 0 Å². The Kier molecular flexibility index (Phi) is 4.24. The summed E-state index contributed by atoms with van der Waals surface area (Å²) in [6, 6.07) is -1.61. The van der Waals surface area contributed by atoms with E-state index in [0.717, 1.165) is 0 Å². The fraction of sp³-hybridized carbons (Fsp3) is 0.667. The molecule has 0 fully saturated rings. The minimum absolute atomic E-state index is 0.311. The largest absolute Gasteiger partial charge is 0.481 e. The van der Waals surface area contributed by atoms with Crippen LogP contribution in [0.5, 0.6) is 0 Å². The third-order valence-corrected chi connectivity index (χ3v) is 1.37. The second kappa shape index (κ2) is 4.68. The first-order valence-electron chi connectivity index (χ1n) is 3.38. The van der Waals surface area contributed by atoms with E-state index < -0.39 is 24.0 Å². The highest BCUT2D eigenvalue weighted by atomic mass is 16.4. The summed E-state index contributed by atoms with van der Waals surface area (Å²) < 4.78 is 0. The van der Waals surface area contributed by atoms with Crippen LogP contribution in [0.1, 0.15) is 12.8 Å². The van der Waals surface area contributed by atoms with Crippen LogP contribution in [-0.2, 0) is 9.59 Å². The molecule has 0 aromatic rings. The van der Waals surface area contributed by atoms with Gasteiger partial charge >= 0.3 is 11.9 Å². The van der Waals surface area contributed by atoms with Gasteiger partial charge in [0.25, 0.3) is 0 Å². The molecule has 0 amide bonds. The molecule has 0 radical (unpaired) electrons. The number of carboxylic acids is 2. The van der Waals surface area contributed by atoms with Gasteiger partial charge < -0.3 is 21.7 Å². The van der Waals surface area contributed by atoms with Crippen molar-refractivity contribution >= 4 is 11.9 Å². The third kappa shape index (κ3) is 4.64. The van der Waals surface area contributed by atoms with Crippen molar-refractivity contribution < 1.29 is 19.8 Å². The molecule has 70 valence electrons. The van der Waals surface area contributed by atoms with E-state index in [1.165, 1.54) is 0 Å². The Morgan fingerprint density at radius 2 is 1.25 bits per heavy atom. The first kappa shape index (κ1) is 10.9. The Bertz CT molecular complexity index is 162. The fourth-order valence-electron chi connectivity index (χ4n) is 0.706. The molecule has 12 heavy (non-hydrogen) atoms. The molecule has 6 heteroatoms. The van der Waals surface area contributed by atoms with E-state index in [-0.39, 0.29) is 12.8 Å². The van der Waals surface area contributed by atoms with Crippen LogP contribution in [0, 0.1) is 0 Å². The second-order valence-electron chi connectivity index (χ2n) is 2.52. The van der Waals surface area contributed by atoms with E-state index in [4.69, 9.17) is 21.7 Å². The van der Waals surface area contributed by atoms with Crippen LogP contribution in [0.2, 0.25) is 0 Å². The van der Waals surface area contributed by atoms with Gasteiger partial charge in [0.2, 0.25) is 0 Å². The molecule has 0 bridgehead atoms. The maximum atomic E-state index is 10.1. The van der Waals surface area contributed by atoms with Gasteiger partial charge in [-0.15, -0.1) is 0 Å². The summed E-state index contributed by atoms with van der Waals surface area (Å²) >= 11 is 0. The SMILES string of the molecule is N[C@H](CC(=O)O)[C@@H](N)CC(=O)O. The van der Waals surface area contributed by atoms with E-state index in [2.05, 4.69) is 0 Å². The normalized spacial score (nSPS) is 15.2. The van der Waals surface area contributed by atoms with E-state index >= 15 is 0 Å². The van der Waals surface area contributed by atoms with E-state index in [0.29, 0.717) is 0 Å². The van der Waals surface area contributed by atoms with E-state index in [9.17, 15) is 9.59 Å². The van der Waals surface area contributed by atoms with Crippen LogP contribution >= 0.6 is 0 Å². The number of carboxylic acid groups (broad SMARTS) is 2. The molecule has 0 aromatic heterocycles. The molecule has 0 heterocycles. The maximum absolute atomic E-state index is 10.1. The minimum Gasteiger partial charge on any atom is -0.481 e. The summed E-state index contributed by atoms with van der Waals surface area (Å²) in [7, 11) is 0. The van der Waals surface area contributed by atoms with E-state index in [1.54, 1.807) is 0 Å². The Hall–Kier alpha value is -1.14. The summed E-state index contributed by atoms with van der Waals surface area (Å²) in [5, 5.41) is 16.6. The molecule has 0 saturated heterocycles. The topological polar surface area (TPSA) is 127 Å². The first-order chi connectivity index (χ1) is 5.43. The van der Waals surface area contributed by atoms with Gasteiger partial charge in [0.1, 0.15) is 0 Å². The molecular weight excluding hydrogens is 164 g/mol. The smallest absolute Gasteiger partial charge is 0.304 e. The highest BCUT2D eigenvalue weighted by Gasteiger charge is 2.18. The van der Waals surface area contributed by atoms with Crippen LogP contribution in [0.15, 0.2) is 0 Å². The van der Waals surface area contributed by atoms with Crippen LogP contribution in [0.25, 0.3) is 0 Å². The van der Waals surface area contributed by atoms with Gasteiger partial charge in [0.05, 0.1) is 12.8 Å². The Balaban J connectivity index is 3.83. The molecule has 0 aliphatic rings. The highest BCUT2D eigenvalue weighted by molar-refractivity contribution is 5.69. The Morgan fingerprint density at radius 3 is 1.42 bits per heavy atom. The molecule has 0 aromatic carbocycles. The Morgan fingerprint density at radius 1 is 1.00 bits per heavy atom. The van der Waals surface area contributed by atoms with Gasteiger partial charge in [0, 0.05) is 12.1 Å². The molecule has 6 nitrogen and oxygen atoms in total. The van der Waals surface area contributed by atoms with Crippen molar-refractivity contribution in [1.82, 2.24) is 0 Å². The number of aliphatic carboxylic acids is 2. The standard InChI is InChI=1S/C6H12N2O4/c7-3(1-5(9)10)4(8)2-6(11)12/h3-4H,1-2,7-8H2,(H,9,10)(H,11,12)/t3-,4+. The van der Waals surface area contributed by atoms with Crippen LogP contribution < -0.4 is 11.5 Å². The average Bonchev–Trinajstić information content (AvgIpc) is 1.84. The predicted molar refractivity (Wildman–Crippen MR) is 40.5 cm³/mol. The molecule has 0 aliphatic carbocycles. The summed E-state index contributed by atoms with van der Waals surface area (Å²) in [6.07, 6.45) is -0.622. The van der Waals surface area contributed by atoms with Gasteiger partial charge in [-0.2, -0.15) is 0 Å². The molecule has 0 aliphatic heterocycles. The minimum atomic E-state index is -1.08. The fourth-order valence-corrected chi connectivity index (χ4v) is 0.706. The van der Waals surface area contributed by atoms with Gasteiger partial charge in [-0.05, 0) is 0 Å². The zero-order valence-electron chi connectivity index (χ0n) is 6.43. The predicted octanol–water partition coefficient (Wildman–Crippen LogP) is -1.41. The number of hydrogen-bond acceptors (Lipinski definition) is 4. The van der Waals surface area contributed by atoms with Crippen LogP contribution in [-0.4, -0.2) is 34.2 Å². The van der Waals surface area contributed by atoms with Crippen molar-refractivity contribution in [2.24, 2.45) is 11.5 Å². The molecule has 0 unspecified atom stereocenters. The van der Waals surface area contributed by atoms with Gasteiger partial charge in [-0.3, -0.25) is 9.59 Å². The van der Waals surface area contributed by atoms with Gasteiger partial charge in [-0.25, -0.2) is 0 Å². The average molecular weight is 176 g/mol. The van der Waals surface area contributed by atoms with Crippen molar-refractivity contribution in [3.8, 4) is 0 Å². The molecule has 6 N–H and O–H groups in total. The number of carbonyl (C=O) groups is 2. The van der Waals surface area contributed by atoms with Crippen molar-refractivity contribution in [1.29, 1.82) is 0 Å². The molecular formula is C6H12N2O4. The lowest BCUT2D eigenvalue weighted by molar-refractivity contribution is -0.140. The number of hydrogen-bond donors (Lipinski definition) is 4. The molecule has 0 saturated carbocycles. The van der Waals surface area contributed by atoms with Crippen molar-refractivity contribution in [3.63, 3.8) is 0 Å². The first-order valence-corrected chi connectivity index (χ1v) is 3.38. The summed E-state index contributed by atoms with van der Waals surface area (Å²) in [5.74, 6) is -2.16. The van der Waals surface area contributed by atoms with Crippen LogP contribution in [0.3, 0.4) is 0 Å². The second-order valence-corrected chi connectivity index (χ2v) is 2.52. The highest BCUT2D eigenvalue weighted by Crippen LogP contribution is 1.98. The summed E-state index contributed by atoms with van der Waals surface area (Å²) in [4.78, 5) is 20.2. The number of rotatable bonds is 5. The number of nitrogens with two attached hydrogens (primary N) is 2. The lowest BCUT2D eigenvalue weighted by Gasteiger charge is -2.15. The van der Waals surface area contributed by atoms with Crippen molar-refractivity contribution in [2.75, 3.05) is 0 Å². The zero-order chi connectivity index (χ0) is 9.72. The zero-order valence-corrected chi connectivity index (χ0v) is 6.43. The van der Waals surface area contributed by atoms with Gasteiger partial charge in [0.15, 0.2) is 0 Å². The summed E-state index contributed by atoms with van der Waals surface area (Å²) in [5.41, 5.74) is 10.6. The molecule has 2 atom stereocenters. The summed E-state index contributed by atoms with van der Waals surface area (Å²) in [6.45, 7) is 0. The maximum Gasteiger partial charge on any atom is 0.304 e. The monoisotopic (exact) mass is 176 g/mol. The lowest BCUT2D eigenvalue weighted by atomic mass is 10.0. The molecule has 0 spiro atoms. The third-order valence-electron chi connectivity index (χ3n) is 1.37. The van der Waals surface area contributed by atoms with Crippen molar-refractivity contribution in [2.45, 2.75) is 24.9 Å². The quantitative estimate of drug-likeness (QED) is 0.407. The lowest BCUT2D eigenvalue weighted by Crippen LogP contribution is -2.44.